The van der Waals surface area contributed by atoms with Gasteiger partial charge in [0, 0.05) is 6.42 Å². The highest BCUT2D eigenvalue weighted by Crippen LogP contribution is 2.08. The van der Waals surface area contributed by atoms with E-state index in [2.05, 4.69) is 32.9 Å². The molecule has 0 fully saturated rings. The van der Waals surface area contributed by atoms with Crippen molar-refractivity contribution in [3.63, 3.8) is 0 Å². The zero-order chi connectivity index (χ0) is 7.98. The molecular weight excluding hydrogens is 122 g/mol. The fourth-order valence-corrected chi connectivity index (χ4v) is 0.676. The van der Waals surface area contributed by atoms with Gasteiger partial charge in [0.1, 0.15) is 0 Å². The highest BCUT2D eigenvalue weighted by molar-refractivity contribution is 4.94. The Bertz CT molecular complexity index is 147. The first-order valence-corrected chi connectivity index (χ1v) is 3.67. The van der Waals surface area contributed by atoms with E-state index >= 15 is 0 Å². The first-order chi connectivity index (χ1) is 4.66. The summed E-state index contributed by atoms with van der Waals surface area (Å²) in [6, 6.07) is 2.16. The lowest BCUT2D eigenvalue weighted by atomic mass is 10.0. The van der Waals surface area contributed by atoms with E-state index in [1.807, 2.05) is 0 Å². The van der Waals surface area contributed by atoms with Gasteiger partial charge in [0.2, 0.25) is 0 Å². The molecule has 10 heavy (non-hydrogen) atoms. The average molecular weight is 137 g/mol. The van der Waals surface area contributed by atoms with E-state index < -0.39 is 0 Å². The molecule has 0 aliphatic heterocycles. The summed E-state index contributed by atoms with van der Waals surface area (Å²) in [6.45, 7) is 6.26. The minimum atomic E-state index is 0.514. The van der Waals surface area contributed by atoms with Crippen molar-refractivity contribution >= 4 is 0 Å². The van der Waals surface area contributed by atoms with E-state index in [0.717, 1.165) is 6.42 Å². The Morgan fingerprint density at radius 2 is 2.20 bits per heavy atom. The molecule has 0 saturated heterocycles. The Balaban J connectivity index is 3.51. The molecule has 0 bridgehead atoms. The Morgan fingerprint density at radius 1 is 1.60 bits per heavy atom. The highest BCUT2D eigenvalue weighted by Gasteiger charge is 1.96. The van der Waals surface area contributed by atoms with E-state index in [-0.39, 0.29) is 0 Å². The number of rotatable bonds is 3. The second kappa shape index (κ2) is 5.05. The first kappa shape index (κ1) is 9.23. The van der Waals surface area contributed by atoms with Crippen LogP contribution >= 0.6 is 0 Å². The van der Waals surface area contributed by atoms with Crippen molar-refractivity contribution in [1.82, 2.24) is 0 Å². The van der Waals surface area contributed by atoms with E-state index in [4.69, 9.17) is 5.26 Å². The van der Waals surface area contributed by atoms with Crippen molar-refractivity contribution in [2.24, 2.45) is 5.92 Å². The Labute approximate surface area is 63.4 Å². The van der Waals surface area contributed by atoms with E-state index in [0.29, 0.717) is 12.3 Å². The van der Waals surface area contributed by atoms with Crippen LogP contribution in [0.2, 0.25) is 0 Å². The summed E-state index contributed by atoms with van der Waals surface area (Å²) in [7, 11) is 0. The zero-order valence-corrected chi connectivity index (χ0v) is 7.02. The maximum Gasteiger partial charge on any atom is 0.0624 e. The maximum atomic E-state index is 8.33. The molecule has 0 heterocycles. The maximum absolute atomic E-state index is 8.33. The third-order valence-corrected chi connectivity index (χ3v) is 1.37. The van der Waals surface area contributed by atoms with Crippen LogP contribution in [-0.2, 0) is 0 Å². The average Bonchev–Trinajstić information content (AvgIpc) is 1.85. The van der Waals surface area contributed by atoms with Crippen LogP contribution in [0, 0.1) is 17.2 Å². The van der Waals surface area contributed by atoms with Gasteiger partial charge >= 0.3 is 0 Å². The smallest absolute Gasteiger partial charge is 0.0624 e. The predicted molar refractivity (Wildman–Crippen MR) is 43.4 cm³/mol. The van der Waals surface area contributed by atoms with Crippen molar-refractivity contribution in [2.45, 2.75) is 33.6 Å². The highest BCUT2D eigenvalue weighted by atomic mass is 14.2. The topological polar surface area (TPSA) is 23.8 Å². The van der Waals surface area contributed by atoms with Crippen LogP contribution in [-0.4, -0.2) is 0 Å². The third-order valence-electron chi connectivity index (χ3n) is 1.37. The van der Waals surface area contributed by atoms with E-state index in [1.165, 1.54) is 5.57 Å². The number of allylic oxidation sites excluding steroid dienone is 2. The van der Waals surface area contributed by atoms with Crippen molar-refractivity contribution in [3.8, 4) is 6.07 Å². The molecule has 1 atom stereocenters. The van der Waals surface area contributed by atoms with Crippen LogP contribution in [0.4, 0.5) is 0 Å². The van der Waals surface area contributed by atoms with Crippen molar-refractivity contribution in [3.05, 3.63) is 11.6 Å². The second-order valence-corrected chi connectivity index (χ2v) is 2.98. The van der Waals surface area contributed by atoms with Crippen molar-refractivity contribution in [2.75, 3.05) is 0 Å². The SMILES string of the molecule is CC(C)=CCC(C)CC#N. The number of hydrogen-bond donors (Lipinski definition) is 0. The molecule has 1 nitrogen and oxygen atoms in total. The summed E-state index contributed by atoms with van der Waals surface area (Å²) in [4.78, 5) is 0. The molecule has 56 valence electrons. The fourth-order valence-electron chi connectivity index (χ4n) is 0.676. The van der Waals surface area contributed by atoms with Gasteiger partial charge in [-0.05, 0) is 26.2 Å². The molecule has 0 spiro atoms. The Morgan fingerprint density at radius 3 is 2.60 bits per heavy atom. The monoisotopic (exact) mass is 137 g/mol. The molecule has 0 N–H and O–H groups in total. The van der Waals surface area contributed by atoms with Gasteiger partial charge in [0.25, 0.3) is 0 Å². The van der Waals surface area contributed by atoms with Gasteiger partial charge in [0.05, 0.1) is 6.07 Å². The number of nitrogens with zero attached hydrogens (tertiary/aromatic N) is 1. The van der Waals surface area contributed by atoms with Gasteiger partial charge in [0.15, 0.2) is 0 Å². The van der Waals surface area contributed by atoms with Gasteiger partial charge < -0.3 is 0 Å². The first-order valence-electron chi connectivity index (χ1n) is 3.67. The molecule has 0 radical (unpaired) electrons. The standard InChI is InChI=1S/C9H15N/c1-8(2)4-5-9(3)6-7-10/h4,9H,5-6H2,1-3H3. The predicted octanol–water partition coefficient (Wildman–Crippen LogP) is 2.89. The van der Waals surface area contributed by atoms with Gasteiger partial charge in [-0.15, -0.1) is 0 Å². The Hall–Kier alpha value is -0.770. The van der Waals surface area contributed by atoms with Crippen LogP contribution in [0.3, 0.4) is 0 Å². The van der Waals surface area contributed by atoms with Gasteiger partial charge in [-0.25, -0.2) is 0 Å². The van der Waals surface area contributed by atoms with E-state index in [1.54, 1.807) is 0 Å². The summed E-state index contributed by atoms with van der Waals surface area (Å²) in [5.41, 5.74) is 1.34. The Kier molecular flexibility index (Phi) is 4.66. The third kappa shape index (κ3) is 5.37. The molecule has 0 aliphatic rings. The molecule has 0 aliphatic carbocycles. The van der Waals surface area contributed by atoms with Crippen LogP contribution < -0.4 is 0 Å². The molecule has 0 aromatic heterocycles. The minimum Gasteiger partial charge on any atom is -0.198 e. The van der Waals surface area contributed by atoms with Crippen molar-refractivity contribution < 1.29 is 0 Å². The number of hydrogen-bond acceptors (Lipinski definition) is 1. The van der Waals surface area contributed by atoms with Crippen LogP contribution in [0.25, 0.3) is 0 Å². The molecule has 0 aromatic carbocycles. The van der Waals surface area contributed by atoms with Gasteiger partial charge in [-0.3, -0.25) is 0 Å². The van der Waals surface area contributed by atoms with E-state index in [9.17, 15) is 0 Å². The lowest BCUT2D eigenvalue weighted by Gasteiger charge is -2.01. The summed E-state index contributed by atoms with van der Waals surface area (Å²) >= 11 is 0. The quantitative estimate of drug-likeness (QED) is 0.549. The second-order valence-electron chi connectivity index (χ2n) is 2.98. The fraction of sp³-hybridized carbons (Fsp3) is 0.667. The molecule has 0 amide bonds. The van der Waals surface area contributed by atoms with Gasteiger partial charge in [-0.2, -0.15) is 5.26 Å². The normalized spacial score (nSPS) is 11.8. The summed E-state index contributed by atoms with van der Waals surface area (Å²) in [6.07, 6.45) is 3.89. The lowest BCUT2D eigenvalue weighted by Crippen LogP contribution is -1.89. The van der Waals surface area contributed by atoms with Gasteiger partial charge in [-0.1, -0.05) is 18.6 Å². The van der Waals surface area contributed by atoms with Crippen LogP contribution in [0.15, 0.2) is 11.6 Å². The van der Waals surface area contributed by atoms with Crippen molar-refractivity contribution in [1.29, 1.82) is 5.26 Å². The largest absolute Gasteiger partial charge is 0.198 e. The molecule has 0 saturated carbocycles. The van der Waals surface area contributed by atoms with Crippen LogP contribution in [0.5, 0.6) is 0 Å². The summed E-state index contributed by atoms with van der Waals surface area (Å²) < 4.78 is 0. The zero-order valence-electron chi connectivity index (χ0n) is 7.02. The molecular formula is C9H15N. The molecule has 0 aromatic rings. The molecule has 1 heteroatoms. The van der Waals surface area contributed by atoms with Crippen LogP contribution in [0.1, 0.15) is 33.6 Å². The lowest BCUT2D eigenvalue weighted by molar-refractivity contribution is 0.607. The molecule has 1 unspecified atom stereocenters. The minimum absolute atomic E-state index is 0.514. The summed E-state index contributed by atoms with van der Waals surface area (Å²) in [5.74, 6) is 0.514. The molecule has 0 rings (SSSR count). The summed E-state index contributed by atoms with van der Waals surface area (Å²) in [5, 5.41) is 8.33. The number of nitriles is 1.